The van der Waals surface area contributed by atoms with Gasteiger partial charge in [-0.1, -0.05) is 27.7 Å². The molecule has 0 aromatic rings. The van der Waals surface area contributed by atoms with Crippen molar-refractivity contribution < 1.29 is 29.4 Å². The molecule has 0 aromatic carbocycles. The van der Waals surface area contributed by atoms with Gasteiger partial charge in [-0.05, 0) is 24.2 Å². The normalized spacial score (nSPS) is 15.8. The molecule has 122 valence electrons. The summed E-state index contributed by atoms with van der Waals surface area (Å²) in [6.07, 6.45) is -0.260. The first-order valence-electron chi connectivity index (χ1n) is 6.44. The number of hydrogen-bond acceptors (Lipinski definition) is 7. The monoisotopic (exact) mass is 328 g/mol. The fourth-order valence-corrected chi connectivity index (χ4v) is 3.87. The number of hydrogen-bond donors (Lipinski definition) is 1. The van der Waals surface area contributed by atoms with Gasteiger partial charge in [0.05, 0.1) is 14.2 Å². The third-order valence-electron chi connectivity index (χ3n) is 2.65. The van der Waals surface area contributed by atoms with Crippen LogP contribution in [0.2, 0.25) is 0 Å². The SMILES string of the molecule is CC(CCN(C[P+]([O-])([O-])[O-])C[P+]([O-])([O-])O)CC(C)(C)C. The van der Waals surface area contributed by atoms with E-state index >= 15 is 0 Å². The van der Waals surface area contributed by atoms with E-state index in [1.807, 2.05) is 6.92 Å². The molecule has 0 aliphatic rings. The van der Waals surface area contributed by atoms with Gasteiger partial charge in [0, 0.05) is 6.54 Å². The summed E-state index contributed by atoms with van der Waals surface area (Å²) >= 11 is 0. The smallest absolute Gasteiger partial charge is 0.131 e. The molecule has 0 aromatic heterocycles. The highest BCUT2D eigenvalue weighted by Crippen LogP contribution is 2.38. The molecule has 0 fully saturated rings. The van der Waals surface area contributed by atoms with E-state index in [0.29, 0.717) is 6.42 Å². The molecule has 0 amide bonds. The molecule has 9 heteroatoms. The van der Waals surface area contributed by atoms with Crippen molar-refractivity contribution in [1.29, 1.82) is 0 Å². The molecular formula is C11H24NO6P2-3. The van der Waals surface area contributed by atoms with Gasteiger partial charge in [0.1, 0.15) is 6.29 Å². The highest BCUT2D eigenvalue weighted by molar-refractivity contribution is 7.56. The van der Waals surface area contributed by atoms with Crippen LogP contribution in [0.15, 0.2) is 0 Å². The molecule has 7 nitrogen and oxygen atoms in total. The molecule has 0 bridgehead atoms. The van der Waals surface area contributed by atoms with E-state index in [9.17, 15) is 24.5 Å². The first-order chi connectivity index (χ1) is 8.68. The summed E-state index contributed by atoms with van der Waals surface area (Å²) in [6.45, 7) is 8.34. The summed E-state index contributed by atoms with van der Waals surface area (Å²) in [5, 5.41) is 0. The van der Waals surface area contributed by atoms with Crippen molar-refractivity contribution in [2.75, 3.05) is 19.1 Å². The molecule has 0 aliphatic heterocycles. The Bertz CT molecular complexity index is 268. The Kier molecular flexibility index (Phi) is 7.95. The van der Waals surface area contributed by atoms with Gasteiger partial charge in [-0.25, -0.2) is 4.90 Å². The fourth-order valence-electron chi connectivity index (χ4n) is 2.23. The zero-order valence-electron chi connectivity index (χ0n) is 12.4. The number of nitrogens with zero attached hydrogens (tertiary/aromatic N) is 1. The standard InChI is InChI=1S/C11H27NO6P2/c1-10(7-11(2,3)4)5-6-12(8-19(13,14)15)9-20(16,17)18/h10H,5-9H2,1-4H3,(H2,13,14,15)(H2,16,17,18)/p-3. The third kappa shape index (κ3) is 13.6. The summed E-state index contributed by atoms with van der Waals surface area (Å²) in [6, 6.07) is 0. The van der Waals surface area contributed by atoms with Gasteiger partial charge in [-0.15, -0.1) is 7.94 Å². The molecule has 1 atom stereocenters. The molecular weight excluding hydrogens is 304 g/mol. The molecule has 0 spiro atoms. The van der Waals surface area contributed by atoms with Gasteiger partial charge >= 0.3 is 0 Å². The Morgan fingerprint density at radius 2 is 1.55 bits per heavy atom. The average Bonchev–Trinajstić information content (AvgIpc) is 2.06. The largest absolute Gasteiger partial charge is 0.687 e. The van der Waals surface area contributed by atoms with Gasteiger partial charge in [0.2, 0.25) is 0 Å². The maximum absolute atomic E-state index is 10.8. The van der Waals surface area contributed by atoms with Crippen LogP contribution in [0.3, 0.4) is 0 Å². The lowest BCUT2D eigenvalue weighted by Gasteiger charge is -2.46. The summed E-state index contributed by atoms with van der Waals surface area (Å²) in [4.78, 5) is 63.7. The predicted octanol–water partition coefficient (Wildman–Crippen LogP) is -2.02. The second kappa shape index (κ2) is 7.73. The average molecular weight is 328 g/mol. The summed E-state index contributed by atoms with van der Waals surface area (Å²) < 4.78 is 0. The van der Waals surface area contributed by atoms with Crippen LogP contribution in [-0.2, 0) is 0 Å². The van der Waals surface area contributed by atoms with Crippen LogP contribution in [0.4, 0.5) is 0 Å². The molecule has 0 radical (unpaired) electrons. The van der Waals surface area contributed by atoms with Crippen LogP contribution >= 0.6 is 15.9 Å². The molecule has 0 rings (SSSR count). The first kappa shape index (κ1) is 20.6. The number of rotatable bonds is 8. The quantitative estimate of drug-likeness (QED) is 0.508. The van der Waals surface area contributed by atoms with Crippen molar-refractivity contribution in [3.05, 3.63) is 0 Å². The van der Waals surface area contributed by atoms with Crippen molar-refractivity contribution in [2.45, 2.75) is 40.5 Å². The van der Waals surface area contributed by atoms with Crippen molar-refractivity contribution in [3.8, 4) is 0 Å². The van der Waals surface area contributed by atoms with Crippen LogP contribution in [0.25, 0.3) is 0 Å². The molecule has 20 heavy (non-hydrogen) atoms. The van der Waals surface area contributed by atoms with E-state index in [2.05, 4.69) is 20.8 Å². The maximum atomic E-state index is 10.8. The molecule has 0 aliphatic carbocycles. The topological polar surface area (TPSA) is 139 Å². The minimum atomic E-state index is -4.85. The molecule has 1 unspecified atom stereocenters. The third-order valence-corrected chi connectivity index (χ3v) is 4.15. The van der Waals surface area contributed by atoms with Crippen molar-refractivity contribution >= 4 is 15.9 Å². The van der Waals surface area contributed by atoms with E-state index in [1.165, 1.54) is 0 Å². The van der Waals surface area contributed by atoms with E-state index in [0.717, 1.165) is 11.3 Å². The van der Waals surface area contributed by atoms with Gasteiger partial charge in [-0.3, -0.25) is 4.89 Å². The van der Waals surface area contributed by atoms with Gasteiger partial charge in [0.15, 0.2) is 0 Å². The second-order valence-electron chi connectivity index (χ2n) is 6.58. The minimum absolute atomic E-state index is 0.113. The van der Waals surface area contributed by atoms with Crippen LogP contribution < -0.4 is 24.5 Å². The fraction of sp³-hybridized carbons (Fsp3) is 1.00. The van der Waals surface area contributed by atoms with E-state index in [-0.39, 0.29) is 17.9 Å². The van der Waals surface area contributed by atoms with Crippen LogP contribution in [0, 0.1) is 11.3 Å². The van der Waals surface area contributed by atoms with Crippen molar-refractivity contribution in [3.63, 3.8) is 0 Å². The lowest BCUT2D eigenvalue weighted by atomic mass is 9.84. The minimum Gasteiger partial charge on any atom is -0.687 e. The molecule has 0 heterocycles. The lowest BCUT2D eigenvalue weighted by molar-refractivity contribution is -0.429. The highest BCUT2D eigenvalue weighted by Gasteiger charge is 2.21. The first-order valence-corrected chi connectivity index (χ1v) is 9.93. The Balaban J connectivity index is 4.43. The summed E-state index contributed by atoms with van der Waals surface area (Å²) in [5.41, 5.74) is 0.113. The second-order valence-corrected chi connectivity index (χ2v) is 9.65. The van der Waals surface area contributed by atoms with Gasteiger partial charge in [0.25, 0.3) is 0 Å². The van der Waals surface area contributed by atoms with Crippen LogP contribution in [-0.4, -0.2) is 28.9 Å². The van der Waals surface area contributed by atoms with E-state index in [4.69, 9.17) is 4.89 Å². The molecule has 1 N–H and O–H groups in total. The molecule has 0 saturated heterocycles. The van der Waals surface area contributed by atoms with E-state index in [1.54, 1.807) is 0 Å². The lowest BCUT2D eigenvalue weighted by Crippen LogP contribution is -2.45. The zero-order chi connectivity index (χ0) is 16.2. The Morgan fingerprint density at radius 3 is 1.90 bits per heavy atom. The van der Waals surface area contributed by atoms with Gasteiger partial charge in [-0.2, -0.15) is 0 Å². The van der Waals surface area contributed by atoms with E-state index < -0.39 is 28.5 Å². The maximum Gasteiger partial charge on any atom is 0.131 e. The van der Waals surface area contributed by atoms with Crippen LogP contribution in [0.1, 0.15) is 40.5 Å². The Hall–Kier alpha value is 0.580. The predicted molar refractivity (Wildman–Crippen MR) is 70.4 cm³/mol. The van der Waals surface area contributed by atoms with Crippen LogP contribution in [0.5, 0.6) is 0 Å². The highest BCUT2D eigenvalue weighted by atomic mass is 31.2. The Labute approximate surface area is 122 Å². The Morgan fingerprint density at radius 1 is 1.05 bits per heavy atom. The van der Waals surface area contributed by atoms with Crippen molar-refractivity contribution in [2.24, 2.45) is 11.3 Å². The zero-order valence-corrected chi connectivity index (χ0v) is 14.2. The van der Waals surface area contributed by atoms with Gasteiger partial charge < -0.3 is 24.5 Å². The summed E-state index contributed by atoms with van der Waals surface area (Å²) in [7, 11) is -9.49. The van der Waals surface area contributed by atoms with Crippen molar-refractivity contribution in [1.82, 2.24) is 4.90 Å². The molecule has 0 saturated carbocycles. The summed E-state index contributed by atoms with van der Waals surface area (Å²) in [5.74, 6) is 0.250.